The van der Waals surface area contributed by atoms with Crippen molar-refractivity contribution in [2.75, 3.05) is 0 Å². The number of carbonyl (C=O) groups is 1. The predicted octanol–water partition coefficient (Wildman–Crippen LogP) is 4.53. The van der Waals surface area contributed by atoms with E-state index in [1.54, 1.807) is 53.8 Å². The van der Waals surface area contributed by atoms with Gasteiger partial charge in [-0.1, -0.05) is 18.2 Å². The van der Waals surface area contributed by atoms with Gasteiger partial charge in [0.25, 0.3) is 0 Å². The fraction of sp³-hybridized carbons (Fsp3) is 0.158. The van der Waals surface area contributed by atoms with Crippen molar-refractivity contribution < 1.29 is 18.7 Å². The van der Waals surface area contributed by atoms with E-state index in [1.165, 1.54) is 6.07 Å². The zero-order valence-corrected chi connectivity index (χ0v) is 14.4. The van der Waals surface area contributed by atoms with Gasteiger partial charge >= 0.3 is 5.97 Å². The van der Waals surface area contributed by atoms with Crippen LogP contribution in [0.3, 0.4) is 0 Å². The molecule has 0 aliphatic carbocycles. The van der Waals surface area contributed by atoms with Crippen molar-refractivity contribution in [3.05, 3.63) is 81.6 Å². The van der Waals surface area contributed by atoms with E-state index < -0.39 is 11.8 Å². The highest BCUT2D eigenvalue weighted by Gasteiger charge is 2.09. The van der Waals surface area contributed by atoms with E-state index >= 15 is 0 Å². The van der Waals surface area contributed by atoms with Gasteiger partial charge in [-0.3, -0.25) is 0 Å². The van der Waals surface area contributed by atoms with Gasteiger partial charge in [0.1, 0.15) is 24.8 Å². The fourth-order valence-electron chi connectivity index (χ4n) is 2.16. The van der Waals surface area contributed by atoms with Crippen LogP contribution in [0.4, 0.5) is 4.39 Å². The molecule has 0 bridgehead atoms. The highest BCUT2D eigenvalue weighted by molar-refractivity contribution is 7.09. The SMILES string of the molecule is Cc1nc(COc2ccc(C(=O)OCc3ccccc3F)cc2)cs1. The maximum absolute atomic E-state index is 13.5. The molecule has 0 atom stereocenters. The zero-order chi connectivity index (χ0) is 17.6. The Morgan fingerprint density at radius 3 is 2.56 bits per heavy atom. The van der Waals surface area contributed by atoms with Crippen molar-refractivity contribution in [3.63, 3.8) is 0 Å². The van der Waals surface area contributed by atoms with E-state index in [9.17, 15) is 9.18 Å². The molecule has 3 rings (SSSR count). The molecule has 0 amide bonds. The van der Waals surface area contributed by atoms with Crippen molar-refractivity contribution in [1.82, 2.24) is 4.98 Å². The van der Waals surface area contributed by atoms with Crippen LogP contribution in [0.5, 0.6) is 5.75 Å². The lowest BCUT2D eigenvalue weighted by Crippen LogP contribution is -2.06. The van der Waals surface area contributed by atoms with E-state index in [0.717, 1.165) is 10.7 Å². The van der Waals surface area contributed by atoms with Crippen molar-refractivity contribution in [3.8, 4) is 5.75 Å². The standard InChI is InChI=1S/C19H16FNO3S/c1-13-21-16(12-25-13)11-23-17-8-6-14(7-9-17)19(22)24-10-15-4-2-3-5-18(15)20/h2-9,12H,10-11H2,1H3. The Labute approximate surface area is 148 Å². The highest BCUT2D eigenvalue weighted by Crippen LogP contribution is 2.17. The second-order valence-electron chi connectivity index (χ2n) is 5.34. The number of aryl methyl sites for hydroxylation is 1. The molecule has 0 saturated carbocycles. The monoisotopic (exact) mass is 357 g/mol. The first kappa shape index (κ1) is 17.1. The molecule has 3 aromatic rings. The third-order valence-electron chi connectivity index (χ3n) is 3.46. The molecule has 0 unspecified atom stereocenters. The maximum atomic E-state index is 13.5. The molecule has 0 aliphatic rings. The van der Waals surface area contributed by atoms with Gasteiger partial charge in [0.15, 0.2) is 0 Å². The summed E-state index contributed by atoms with van der Waals surface area (Å²) in [5, 5.41) is 2.94. The number of halogens is 1. The summed E-state index contributed by atoms with van der Waals surface area (Å²) in [6.45, 7) is 2.21. The molecule has 0 N–H and O–H groups in total. The Hall–Kier alpha value is -2.73. The van der Waals surface area contributed by atoms with Crippen molar-refractivity contribution in [2.24, 2.45) is 0 Å². The van der Waals surface area contributed by atoms with Crippen LogP contribution in [0.2, 0.25) is 0 Å². The quantitative estimate of drug-likeness (QED) is 0.608. The molecule has 128 valence electrons. The van der Waals surface area contributed by atoms with Crippen molar-refractivity contribution in [1.29, 1.82) is 0 Å². The van der Waals surface area contributed by atoms with Gasteiger partial charge in [-0.15, -0.1) is 11.3 Å². The number of ether oxygens (including phenoxy) is 2. The van der Waals surface area contributed by atoms with Crippen LogP contribution < -0.4 is 4.74 Å². The van der Waals surface area contributed by atoms with Crippen molar-refractivity contribution >= 4 is 17.3 Å². The number of hydrogen-bond donors (Lipinski definition) is 0. The molecule has 0 radical (unpaired) electrons. The molecule has 0 spiro atoms. The lowest BCUT2D eigenvalue weighted by Gasteiger charge is -2.07. The smallest absolute Gasteiger partial charge is 0.338 e. The third-order valence-corrected chi connectivity index (χ3v) is 4.28. The molecule has 0 fully saturated rings. The van der Waals surface area contributed by atoms with Gasteiger partial charge < -0.3 is 9.47 Å². The number of carbonyl (C=O) groups excluding carboxylic acids is 1. The summed E-state index contributed by atoms with van der Waals surface area (Å²) in [7, 11) is 0. The topological polar surface area (TPSA) is 48.4 Å². The van der Waals surface area contributed by atoms with Gasteiger partial charge in [-0.25, -0.2) is 14.2 Å². The molecule has 1 aromatic heterocycles. The van der Waals surface area contributed by atoms with Crippen LogP contribution in [0.25, 0.3) is 0 Å². The predicted molar refractivity (Wildman–Crippen MR) is 93.1 cm³/mol. The Balaban J connectivity index is 1.54. The number of nitrogens with zero attached hydrogens (tertiary/aromatic N) is 1. The van der Waals surface area contributed by atoms with E-state index in [0.29, 0.717) is 23.5 Å². The van der Waals surface area contributed by atoms with Gasteiger partial charge in [0.05, 0.1) is 16.3 Å². The summed E-state index contributed by atoms with van der Waals surface area (Å²) < 4.78 is 24.3. The average molecular weight is 357 g/mol. The first-order valence-electron chi connectivity index (χ1n) is 7.66. The Morgan fingerprint density at radius 1 is 1.12 bits per heavy atom. The number of aromatic nitrogens is 1. The number of hydrogen-bond acceptors (Lipinski definition) is 5. The summed E-state index contributed by atoms with van der Waals surface area (Å²) in [5.74, 6) is -0.266. The number of benzene rings is 2. The Morgan fingerprint density at radius 2 is 1.88 bits per heavy atom. The van der Waals surface area contributed by atoms with E-state index in [4.69, 9.17) is 9.47 Å². The van der Waals surface area contributed by atoms with Crippen LogP contribution >= 0.6 is 11.3 Å². The van der Waals surface area contributed by atoms with E-state index in [2.05, 4.69) is 4.98 Å². The minimum atomic E-state index is -0.509. The first-order valence-corrected chi connectivity index (χ1v) is 8.54. The molecule has 0 saturated heterocycles. The summed E-state index contributed by atoms with van der Waals surface area (Å²) in [4.78, 5) is 16.3. The van der Waals surface area contributed by atoms with Crippen LogP contribution in [0.1, 0.15) is 26.6 Å². The van der Waals surface area contributed by atoms with Gasteiger partial charge in [-0.2, -0.15) is 0 Å². The molecular weight excluding hydrogens is 341 g/mol. The van der Waals surface area contributed by atoms with Gasteiger partial charge in [-0.05, 0) is 37.3 Å². The molecule has 25 heavy (non-hydrogen) atoms. The Kier molecular flexibility index (Phi) is 5.40. The lowest BCUT2D eigenvalue weighted by atomic mass is 10.2. The minimum absolute atomic E-state index is 0.104. The van der Waals surface area contributed by atoms with Crippen LogP contribution in [0, 0.1) is 12.7 Å². The van der Waals surface area contributed by atoms with Crippen LogP contribution in [0.15, 0.2) is 53.9 Å². The molecule has 2 aromatic carbocycles. The molecule has 4 nitrogen and oxygen atoms in total. The van der Waals surface area contributed by atoms with E-state index in [1.807, 2.05) is 12.3 Å². The Bertz CT molecular complexity index is 861. The summed E-state index contributed by atoms with van der Waals surface area (Å²) in [5.41, 5.74) is 1.60. The molecule has 1 heterocycles. The third kappa shape index (κ3) is 4.64. The lowest BCUT2D eigenvalue weighted by molar-refractivity contribution is 0.0469. The van der Waals surface area contributed by atoms with Crippen LogP contribution in [-0.4, -0.2) is 11.0 Å². The summed E-state index contributed by atoms with van der Waals surface area (Å²) >= 11 is 1.57. The fourth-order valence-corrected chi connectivity index (χ4v) is 2.76. The summed E-state index contributed by atoms with van der Waals surface area (Å²) in [6.07, 6.45) is 0. The van der Waals surface area contributed by atoms with E-state index in [-0.39, 0.29) is 6.61 Å². The van der Waals surface area contributed by atoms with Crippen molar-refractivity contribution in [2.45, 2.75) is 20.1 Å². The maximum Gasteiger partial charge on any atom is 0.338 e. The first-order chi connectivity index (χ1) is 12.1. The minimum Gasteiger partial charge on any atom is -0.487 e. The number of rotatable bonds is 6. The van der Waals surface area contributed by atoms with Crippen LogP contribution in [-0.2, 0) is 18.0 Å². The molecule has 6 heteroatoms. The number of thiazole rings is 1. The summed E-state index contributed by atoms with van der Waals surface area (Å²) in [6, 6.07) is 12.8. The second kappa shape index (κ2) is 7.90. The average Bonchev–Trinajstić information content (AvgIpc) is 3.05. The highest BCUT2D eigenvalue weighted by atomic mass is 32.1. The normalized spacial score (nSPS) is 10.5. The molecule has 0 aliphatic heterocycles. The number of esters is 1. The zero-order valence-electron chi connectivity index (χ0n) is 13.6. The van der Waals surface area contributed by atoms with Gasteiger partial charge in [0.2, 0.25) is 0 Å². The van der Waals surface area contributed by atoms with Gasteiger partial charge in [0, 0.05) is 10.9 Å². The largest absolute Gasteiger partial charge is 0.487 e. The second-order valence-corrected chi connectivity index (χ2v) is 6.40. The molecular formula is C19H16FNO3S.